The zero-order valence-corrected chi connectivity index (χ0v) is 18.5. The highest BCUT2D eigenvalue weighted by Gasteiger charge is 2.60. The van der Waals surface area contributed by atoms with Crippen LogP contribution in [0.5, 0.6) is 5.75 Å². The minimum atomic E-state index is -1.11. The molecule has 166 valence electrons. The minimum absolute atomic E-state index is 0.0339. The number of allylic oxidation sites excluding steroid dienone is 4. The number of benzene rings is 1. The summed E-state index contributed by atoms with van der Waals surface area (Å²) in [4.78, 5) is 52.8. The monoisotopic (exact) mass is 435 g/mol. The van der Waals surface area contributed by atoms with E-state index in [0.29, 0.717) is 16.7 Å². The third-order valence-electron chi connectivity index (χ3n) is 7.87. The molecule has 1 fully saturated rings. The maximum atomic E-state index is 13.7. The first kappa shape index (κ1) is 20.5. The highest BCUT2D eigenvalue weighted by atomic mass is 16.3. The highest BCUT2D eigenvalue weighted by Crippen LogP contribution is 2.61. The Morgan fingerprint density at radius 2 is 1.72 bits per heavy atom. The van der Waals surface area contributed by atoms with Crippen LogP contribution in [0.4, 0.5) is 0 Å². The summed E-state index contributed by atoms with van der Waals surface area (Å²) >= 11 is 0. The molecular formula is C24H25N3O5. The van der Waals surface area contributed by atoms with Crippen molar-refractivity contribution in [3.8, 4) is 5.75 Å². The second-order valence-corrected chi connectivity index (χ2v) is 9.28. The third-order valence-corrected chi connectivity index (χ3v) is 7.87. The summed E-state index contributed by atoms with van der Waals surface area (Å²) in [6.07, 6.45) is 2.12. The Hall–Kier alpha value is -3.42. The van der Waals surface area contributed by atoms with Gasteiger partial charge in [-0.2, -0.15) is 0 Å². The van der Waals surface area contributed by atoms with Gasteiger partial charge in [0.2, 0.25) is 0 Å². The van der Waals surface area contributed by atoms with Gasteiger partial charge in [-0.05, 0) is 43.1 Å². The van der Waals surface area contributed by atoms with Gasteiger partial charge in [0, 0.05) is 24.4 Å². The number of aromatic hydroxyl groups is 1. The predicted octanol–water partition coefficient (Wildman–Crippen LogP) is 1.83. The molecule has 0 amide bonds. The van der Waals surface area contributed by atoms with Crippen molar-refractivity contribution in [1.82, 2.24) is 13.9 Å². The SMILES string of the molecule is CC1=C(C)C(=O)[C@@]2(C)[C@@H](c3ccccc3O)C3=CCn4c(=O)n(C)c(=O)n4[C@@H]3C[C@H]2C1=O. The van der Waals surface area contributed by atoms with Crippen LogP contribution in [0.2, 0.25) is 0 Å². The molecule has 0 saturated heterocycles. The normalized spacial score (nSPS) is 29.4. The third kappa shape index (κ3) is 2.32. The van der Waals surface area contributed by atoms with Gasteiger partial charge in [0.1, 0.15) is 5.75 Å². The van der Waals surface area contributed by atoms with E-state index >= 15 is 0 Å². The average Bonchev–Trinajstić information content (AvgIpc) is 3.00. The summed E-state index contributed by atoms with van der Waals surface area (Å²) in [5, 5.41) is 10.8. The number of hydrogen-bond acceptors (Lipinski definition) is 5. The Kier molecular flexibility index (Phi) is 4.19. The van der Waals surface area contributed by atoms with E-state index in [1.165, 1.54) is 16.4 Å². The Morgan fingerprint density at radius 3 is 2.41 bits per heavy atom. The largest absolute Gasteiger partial charge is 0.508 e. The number of ketones is 2. The number of carbonyl (C=O) groups is 2. The first-order valence-corrected chi connectivity index (χ1v) is 10.7. The first-order chi connectivity index (χ1) is 15.1. The van der Waals surface area contributed by atoms with Crippen LogP contribution in [-0.2, 0) is 23.2 Å². The lowest BCUT2D eigenvalue weighted by Crippen LogP contribution is -2.55. The number of carbonyl (C=O) groups excluding carboxylic acids is 2. The van der Waals surface area contributed by atoms with Crippen molar-refractivity contribution >= 4 is 11.6 Å². The van der Waals surface area contributed by atoms with Gasteiger partial charge >= 0.3 is 11.4 Å². The van der Waals surface area contributed by atoms with E-state index < -0.39 is 34.7 Å². The lowest BCUT2D eigenvalue weighted by atomic mass is 9.50. The van der Waals surface area contributed by atoms with Crippen molar-refractivity contribution in [2.75, 3.05) is 0 Å². The number of phenols is 1. The number of Topliss-reactive ketones (excluding diaryl/α,β-unsaturated/α-hetero) is 2. The maximum absolute atomic E-state index is 13.7. The van der Waals surface area contributed by atoms with E-state index in [2.05, 4.69) is 0 Å². The molecule has 0 radical (unpaired) electrons. The van der Waals surface area contributed by atoms with Gasteiger partial charge in [-0.3, -0.25) is 9.59 Å². The molecule has 2 heterocycles. The number of nitrogens with zero attached hydrogens (tertiary/aromatic N) is 3. The Balaban J connectivity index is 1.83. The van der Waals surface area contributed by atoms with Gasteiger partial charge in [-0.1, -0.05) is 31.2 Å². The van der Waals surface area contributed by atoms with Crippen molar-refractivity contribution in [1.29, 1.82) is 0 Å². The molecule has 2 aromatic rings. The van der Waals surface area contributed by atoms with Gasteiger partial charge in [-0.15, -0.1) is 0 Å². The van der Waals surface area contributed by atoms with Crippen molar-refractivity contribution in [2.24, 2.45) is 18.4 Å². The molecule has 1 aliphatic heterocycles. The molecule has 1 N–H and O–H groups in total. The molecule has 0 spiro atoms. The lowest BCUT2D eigenvalue weighted by molar-refractivity contribution is -0.140. The molecule has 4 atom stereocenters. The fourth-order valence-corrected chi connectivity index (χ4v) is 6.03. The van der Waals surface area contributed by atoms with Crippen molar-refractivity contribution in [3.05, 3.63) is 73.6 Å². The van der Waals surface area contributed by atoms with E-state index in [-0.39, 0.29) is 30.3 Å². The molecule has 1 saturated carbocycles. The molecular weight excluding hydrogens is 410 g/mol. The molecule has 8 nitrogen and oxygen atoms in total. The fraction of sp³-hybridized carbons (Fsp3) is 0.417. The molecule has 0 unspecified atom stereocenters. The summed E-state index contributed by atoms with van der Waals surface area (Å²) in [7, 11) is 1.43. The van der Waals surface area contributed by atoms with Crippen LogP contribution in [0.3, 0.4) is 0 Å². The van der Waals surface area contributed by atoms with Crippen molar-refractivity contribution in [2.45, 2.75) is 45.7 Å². The highest BCUT2D eigenvalue weighted by molar-refractivity contribution is 6.15. The van der Waals surface area contributed by atoms with Gasteiger partial charge in [0.25, 0.3) is 0 Å². The molecule has 1 aromatic heterocycles. The Labute approximate surface area is 184 Å². The summed E-state index contributed by atoms with van der Waals surface area (Å²) in [6, 6.07) is 6.26. The minimum Gasteiger partial charge on any atom is -0.508 e. The molecule has 8 heteroatoms. The fourth-order valence-electron chi connectivity index (χ4n) is 6.03. The molecule has 2 aliphatic carbocycles. The van der Waals surface area contributed by atoms with Gasteiger partial charge in [-0.25, -0.2) is 23.5 Å². The van der Waals surface area contributed by atoms with E-state index in [9.17, 15) is 24.3 Å². The van der Waals surface area contributed by atoms with Gasteiger partial charge in [0.05, 0.1) is 18.0 Å². The standard InChI is InChI=1S/C24H25N3O5/c1-12-13(2)21(30)24(3)16(20(12)29)11-17-14(19(24)15-7-5-6-8-18(15)28)9-10-26-22(31)25(4)23(32)27(17)26/h5-9,16-17,19,28H,10-11H2,1-4H3/t16-,17+,19+,24+/m0/s1. The second-order valence-electron chi connectivity index (χ2n) is 9.28. The Bertz CT molecular complexity index is 1380. The number of rotatable bonds is 1. The van der Waals surface area contributed by atoms with Crippen LogP contribution >= 0.6 is 0 Å². The van der Waals surface area contributed by atoms with Crippen LogP contribution in [0.1, 0.15) is 44.7 Å². The van der Waals surface area contributed by atoms with Gasteiger partial charge in [0.15, 0.2) is 11.6 Å². The first-order valence-electron chi connectivity index (χ1n) is 10.7. The van der Waals surface area contributed by atoms with Crippen LogP contribution in [0, 0.1) is 11.3 Å². The summed E-state index contributed by atoms with van der Waals surface area (Å²) < 4.78 is 3.86. The molecule has 5 rings (SSSR count). The Morgan fingerprint density at radius 1 is 1.03 bits per heavy atom. The van der Waals surface area contributed by atoms with Crippen LogP contribution in [-0.4, -0.2) is 30.6 Å². The molecule has 0 bridgehead atoms. The van der Waals surface area contributed by atoms with Gasteiger partial charge < -0.3 is 5.11 Å². The van der Waals surface area contributed by atoms with E-state index in [1.54, 1.807) is 45.0 Å². The maximum Gasteiger partial charge on any atom is 0.347 e. The van der Waals surface area contributed by atoms with Crippen molar-refractivity contribution < 1.29 is 14.7 Å². The van der Waals surface area contributed by atoms with Crippen LogP contribution in [0.15, 0.2) is 56.6 Å². The summed E-state index contributed by atoms with van der Waals surface area (Å²) in [5.74, 6) is -1.49. The predicted molar refractivity (Wildman–Crippen MR) is 117 cm³/mol. The smallest absolute Gasteiger partial charge is 0.347 e. The van der Waals surface area contributed by atoms with Crippen LogP contribution < -0.4 is 11.4 Å². The lowest BCUT2D eigenvalue weighted by Gasteiger charge is -2.53. The molecule has 32 heavy (non-hydrogen) atoms. The summed E-state index contributed by atoms with van der Waals surface area (Å²) in [5.41, 5.74) is 0.227. The zero-order chi connectivity index (χ0) is 23.1. The quantitative estimate of drug-likeness (QED) is 0.689. The van der Waals surface area contributed by atoms with E-state index in [4.69, 9.17) is 0 Å². The molecule has 3 aliphatic rings. The number of para-hydroxylation sites is 1. The number of aromatic nitrogens is 3. The summed E-state index contributed by atoms with van der Waals surface area (Å²) in [6.45, 7) is 5.33. The van der Waals surface area contributed by atoms with Crippen molar-refractivity contribution in [3.63, 3.8) is 0 Å². The van der Waals surface area contributed by atoms with E-state index in [0.717, 1.165) is 10.1 Å². The molecule has 1 aromatic carbocycles. The number of fused-ring (bicyclic) bond motifs is 4. The topological polar surface area (TPSA) is 103 Å². The second kappa shape index (κ2) is 6.54. The number of hydrogen-bond donors (Lipinski definition) is 1. The van der Waals surface area contributed by atoms with Crippen LogP contribution in [0.25, 0.3) is 0 Å². The van der Waals surface area contributed by atoms with E-state index in [1.807, 2.05) is 6.08 Å². The average molecular weight is 435 g/mol. The number of phenolic OH excluding ortho intramolecular Hbond substituents is 1. The zero-order valence-electron chi connectivity index (χ0n) is 18.5.